The Balaban J connectivity index is 2.90. The highest BCUT2D eigenvalue weighted by molar-refractivity contribution is 7.89. The molecule has 120 valence electrons. The highest BCUT2D eigenvalue weighted by atomic mass is 32.2. The van der Waals surface area contributed by atoms with E-state index in [-0.39, 0.29) is 41.5 Å². The van der Waals surface area contributed by atoms with E-state index in [4.69, 9.17) is 14.6 Å². The molecule has 0 radical (unpaired) electrons. The number of aromatic nitrogens is 2. The lowest BCUT2D eigenvalue weighted by molar-refractivity contribution is 0.0170. The van der Waals surface area contributed by atoms with Crippen molar-refractivity contribution in [1.29, 1.82) is 0 Å². The van der Waals surface area contributed by atoms with Crippen molar-refractivity contribution in [1.82, 2.24) is 10.2 Å². The molecule has 0 aliphatic carbocycles. The Bertz CT molecular complexity index is 592. The number of H-pyrrole nitrogens is 1. The molecule has 0 saturated carbocycles. The van der Waals surface area contributed by atoms with Crippen LogP contribution in [0.2, 0.25) is 0 Å². The topological polar surface area (TPSA) is 124 Å². The lowest BCUT2D eigenvalue weighted by Crippen LogP contribution is -2.20. The Morgan fingerprint density at radius 3 is 2.38 bits per heavy atom. The van der Waals surface area contributed by atoms with Gasteiger partial charge >= 0.3 is 5.97 Å². The van der Waals surface area contributed by atoms with E-state index in [2.05, 4.69) is 10.2 Å². The molecule has 0 aliphatic heterocycles. The summed E-state index contributed by atoms with van der Waals surface area (Å²) in [6, 6.07) is 0. The van der Waals surface area contributed by atoms with E-state index in [1.165, 1.54) is 0 Å². The molecule has 9 heteroatoms. The molecule has 1 aromatic heterocycles. The van der Waals surface area contributed by atoms with Gasteiger partial charge in [-0.3, -0.25) is 5.10 Å². The van der Waals surface area contributed by atoms with Crippen LogP contribution in [-0.4, -0.2) is 43.9 Å². The van der Waals surface area contributed by atoms with Crippen LogP contribution in [0.3, 0.4) is 0 Å². The summed E-state index contributed by atoms with van der Waals surface area (Å²) in [7, 11) is -4.08. The van der Waals surface area contributed by atoms with Gasteiger partial charge in [0.2, 0.25) is 10.0 Å². The fourth-order valence-electron chi connectivity index (χ4n) is 1.65. The van der Waals surface area contributed by atoms with Gasteiger partial charge in [-0.1, -0.05) is 13.8 Å². The number of carbonyl (C=O) groups excluding carboxylic acids is 1. The lowest BCUT2D eigenvalue weighted by atomic mass is 10.1. The first-order chi connectivity index (χ1) is 9.64. The van der Waals surface area contributed by atoms with Crippen LogP contribution in [0.25, 0.3) is 0 Å². The van der Waals surface area contributed by atoms with E-state index in [1.807, 2.05) is 13.8 Å². The number of hydrogen-bond acceptors (Lipinski definition) is 6. The molecule has 1 rings (SSSR count). The van der Waals surface area contributed by atoms with Gasteiger partial charge in [-0.25, -0.2) is 18.4 Å². The normalized spacial score (nSPS) is 12.1. The smallest absolute Gasteiger partial charge is 0.360 e. The fraction of sp³-hybridized carbons (Fsp3) is 0.667. The molecule has 0 aliphatic rings. The lowest BCUT2D eigenvalue weighted by Gasteiger charge is -2.08. The number of aromatic amines is 1. The van der Waals surface area contributed by atoms with Crippen molar-refractivity contribution >= 4 is 16.0 Å². The largest absolute Gasteiger partial charge is 0.458 e. The van der Waals surface area contributed by atoms with E-state index in [9.17, 15) is 13.2 Å². The van der Waals surface area contributed by atoms with Crippen LogP contribution < -0.4 is 5.14 Å². The van der Waals surface area contributed by atoms with Crippen LogP contribution in [0.5, 0.6) is 0 Å². The van der Waals surface area contributed by atoms with Gasteiger partial charge in [-0.05, 0) is 19.8 Å². The SMILES string of the molecule is CC(C)OCCOC(=O)c1n[nH]c(C(C)C)c1S(N)(=O)=O. The zero-order chi connectivity index (χ0) is 16.2. The highest BCUT2D eigenvalue weighted by Gasteiger charge is 2.29. The average molecular weight is 319 g/mol. The number of nitrogens with zero attached hydrogens (tertiary/aromatic N) is 1. The second-order valence-corrected chi connectivity index (χ2v) is 6.57. The zero-order valence-electron chi connectivity index (χ0n) is 12.5. The second-order valence-electron chi connectivity index (χ2n) is 5.07. The van der Waals surface area contributed by atoms with Gasteiger partial charge in [-0.2, -0.15) is 5.10 Å². The van der Waals surface area contributed by atoms with Gasteiger partial charge in [0.15, 0.2) is 5.69 Å². The minimum Gasteiger partial charge on any atom is -0.458 e. The molecule has 0 bridgehead atoms. The van der Waals surface area contributed by atoms with Gasteiger partial charge in [-0.15, -0.1) is 0 Å². The number of hydrogen-bond donors (Lipinski definition) is 2. The van der Waals surface area contributed by atoms with Gasteiger partial charge in [0, 0.05) is 0 Å². The van der Waals surface area contributed by atoms with Crippen LogP contribution in [0.1, 0.15) is 49.8 Å². The Hall–Kier alpha value is -1.45. The Morgan fingerprint density at radius 1 is 1.29 bits per heavy atom. The Kier molecular flexibility index (Phi) is 5.87. The van der Waals surface area contributed by atoms with Crippen molar-refractivity contribution in [3.63, 3.8) is 0 Å². The highest BCUT2D eigenvalue weighted by Crippen LogP contribution is 2.24. The molecule has 0 saturated heterocycles. The third kappa shape index (κ3) is 4.80. The van der Waals surface area contributed by atoms with Crippen LogP contribution in [-0.2, 0) is 19.5 Å². The van der Waals surface area contributed by atoms with Crippen molar-refractivity contribution in [3.05, 3.63) is 11.4 Å². The number of sulfonamides is 1. The number of nitrogens with one attached hydrogen (secondary N) is 1. The van der Waals surface area contributed by atoms with Crippen molar-refractivity contribution in [2.75, 3.05) is 13.2 Å². The standard InChI is InChI=1S/C12H21N3O5S/c1-7(2)9-11(21(13,17)18)10(15-14-9)12(16)20-6-5-19-8(3)4/h7-8H,5-6H2,1-4H3,(H,14,15)(H2,13,17,18). The van der Waals surface area contributed by atoms with Gasteiger partial charge in [0.1, 0.15) is 11.5 Å². The molecule has 0 amide bonds. The maximum absolute atomic E-state index is 11.9. The van der Waals surface area contributed by atoms with Crippen molar-refractivity contribution in [3.8, 4) is 0 Å². The molecule has 1 aromatic rings. The molecule has 0 spiro atoms. The number of primary sulfonamides is 1. The maximum atomic E-state index is 11.9. The quantitative estimate of drug-likeness (QED) is 0.565. The summed E-state index contributed by atoms with van der Waals surface area (Å²) in [5.41, 5.74) is -0.0476. The summed E-state index contributed by atoms with van der Waals surface area (Å²) in [5.74, 6) is -1.04. The van der Waals surface area contributed by atoms with Crippen molar-refractivity contribution < 1.29 is 22.7 Å². The summed E-state index contributed by atoms with van der Waals surface area (Å²) >= 11 is 0. The monoisotopic (exact) mass is 319 g/mol. The van der Waals surface area contributed by atoms with Crippen LogP contribution in [0.15, 0.2) is 4.90 Å². The van der Waals surface area contributed by atoms with Crippen molar-refractivity contribution in [2.45, 2.75) is 44.6 Å². The Labute approximate surface area is 124 Å². The molecule has 0 aromatic carbocycles. The summed E-state index contributed by atoms with van der Waals surface area (Å²) < 4.78 is 33.5. The number of esters is 1. The predicted octanol–water partition coefficient (Wildman–Crippen LogP) is 0.762. The number of carbonyl (C=O) groups is 1. The first-order valence-corrected chi connectivity index (χ1v) is 8.09. The van der Waals surface area contributed by atoms with Crippen molar-refractivity contribution in [2.24, 2.45) is 5.14 Å². The molecule has 8 nitrogen and oxygen atoms in total. The number of ether oxygens (including phenoxy) is 2. The van der Waals surface area contributed by atoms with E-state index >= 15 is 0 Å². The second kappa shape index (κ2) is 7.01. The number of nitrogens with two attached hydrogens (primary N) is 1. The van der Waals surface area contributed by atoms with Crippen LogP contribution in [0, 0.1) is 0 Å². The maximum Gasteiger partial charge on any atom is 0.360 e. The van der Waals surface area contributed by atoms with Gasteiger partial charge < -0.3 is 9.47 Å². The average Bonchev–Trinajstić information content (AvgIpc) is 2.78. The predicted molar refractivity (Wildman–Crippen MR) is 75.4 cm³/mol. The van der Waals surface area contributed by atoms with Crippen LogP contribution >= 0.6 is 0 Å². The third-order valence-corrected chi connectivity index (χ3v) is 3.55. The van der Waals surface area contributed by atoms with Crippen LogP contribution in [0.4, 0.5) is 0 Å². The Morgan fingerprint density at radius 2 is 1.90 bits per heavy atom. The molecular weight excluding hydrogens is 298 g/mol. The van der Waals surface area contributed by atoms with Gasteiger partial charge in [0.05, 0.1) is 18.4 Å². The molecule has 0 atom stereocenters. The summed E-state index contributed by atoms with van der Waals surface area (Å²) in [4.78, 5) is 11.6. The fourth-order valence-corrected chi connectivity index (χ4v) is 2.64. The molecule has 21 heavy (non-hydrogen) atoms. The third-order valence-electron chi connectivity index (χ3n) is 2.57. The van der Waals surface area contributed by atoms with E-state index in [1.54, 1.807) is 13.8 Å². The zero-order valence-corrected chi connectivity index (χ0v) is 13.4. The van der Waals surface area contributed by atoms with E-state index in [0.717, 1.165) is 0 Å². The van der Waals surface area contributed by atoms with E-state index < -0.39 is 16.0 Å². The first kappa shape index (κ1) is 17.6. The molecule has 0 unspecified atom stereocenters. The minimum atomic E-state index is -4.08. The first-order valence-electron chi connectivity index (χ1n) is 6.54. The molecular formula is C12H21N3O5S. The summed E-state index contributed by atoms with van der Waals surface area (Å²) in [6.45, 7) is 7.44. The summed E-state index contributed by atoms with van der Waals surface area (Å²) in [5, 5.41) is 11.4. The molecule has 0 fully saturated rings. The molecule has 1 heterocycles. The summed E-state index contributed by atoms with van der Waals surface area (Å²) in [6.07, 6.45) is 0.0154. The minimum absolute atomic E-state index is 0.00491. The van der Waals surface area contributed by atoms with Gasteiger partial charge in [0.25, 0.3) is 0 Å². The van der Waals surface area contributed by atoms with E-state index in [0.29, 0.717) is 0 Å². The number of rotatable bonds is 7. The molecule has 3 N–H and O–H groups in total.